The van der Waals surface area contributed by atoms with Gasteiger partial charge in [0.05, 0.1) is 4.90 Å². The summed E-state index contributed by atoms with van der Waals surface area (Å²) in [6.07, 6.45) is 0. The number of rotatable bonds is 1. The summed E-state index contributed by atoms with van der Waals surface area (Å²) < 4.78 is 23.1. The van der Waals surface area contributed by atoms with E-state index in [4.69, 9.17) is 17.3 Å². The number of halogens is 1. The molecule has 1 aromatic rings. The lowest BCUT2D eigenvalue weighted by molar-refractivity contribution is 0.605. The Bertz CT molecular complexity index is 520. The minimum Gasteiger partial charge on any atom is -0.326 e. The lowest BCUT2D eigenvalue weighted by Crippen LogP contribution is -2.00. The van der Waals surface area contributed by atoms with Crippen molar-refractivity contribution in [2.75, 3.05) is 6.54 Å². The normalized spacial score (nSPS) is 17.7. The van der Waals surface area contributed by atoms with Crippen LogP contribution in [-0.4, -0.2) is 15.0 Å². The van der Waals surface area contributed by atoms with Crippen molar-refractivity contribution in [1.82, 2.24) is 0 Å². The van der Waals surface area contributed by atoms with Gasteiger partial charge in [-0.25, -0.2) is 8.42 Å². The van der Waals surface area contributed by atoms with E-state index in [9.17, 15) is 8.42 Å². The lowest BCUT2D eigenvalue weighted by Gasteiger charge is -2.01. The average Bonchev–Trinajstić information content (AvgIpc) is 2.37. The molecule has 1 aromatic carbocycles. The first-order chi connectivity index (χ1) is 6.54. The van der Waals surface area contributed by atoms with Gasteiger partial charge in [-0.1, -0.05) is 11.6 Å². The molecule has 0 radical (unpaired) electrons. The Morgan fingerprint density at radius 1 is 1.36 bits per heavy atom. The third-order valence-corrected chi connectivity index (χ3v) is 3.91. The van der Waals surface area contributed by atoms with E-state index in [2.05, 4.69) is 0 Å². The highest BCUT2D eigenvalue weighted by atomic mass is 35.5. The highest BCUT2D eigenvalue weighted by molar-refractivity contribution is 7.95. The van der Waals surface area contributed by atoms with E-state index in [0.717, 1.165) is 0 Å². The van der Waals surface area contributed by atoms with Crippen molar-refractivity contribution in [1.29, 1.82) is 0 Å². The van der Waals surface area contributed by atoms with Gasteiger partial charge in [0.2, 0.25) is 9.84 Å². The summed E-state index contributed by atoms with van der Waals surface area (Å²) in [6.45, 7) is 0.201. The molecule has 0 amide bonds. The Morgan fingerprint density at radius 3 is 2.71 bits per heavy atom. The summed E-state index contributed by atoms with van der Waals surface area (Å²) in [5, 5.41) is 1.72. The first-order valence-electron chi connectivity index (χ1n) is 4.00. The fourth-order valence-corrected chi connectivity index (χ4v) is 3.12. The molecule has 0 unspecified atom stereocenters. The predicted molar refractivity (Wildman–Crippen MR) is 55.7 cm³/mol. The number of sulfone groups is 1. The Morgan fingerprint density at radius 2 is 2.07 bits per heavy atom. The van der Waals surface area contributed by atoms with E-state index in [-0.39, 0.29) is 6.54 Å². The molecule has 1 aliphatic heterocycles. The quantitative estimate of drug-likeness (QED) is 0.793. The van der Waals surface area contributed by atoms with Crippen LogP contribution in [0.1, 0.15) is 5.56 Å². The van der Waals surface area contributed by atoms with E-state index in [1.54, 1.807) is 12.1 Å². The van der Waals surface area contributed by atoms with Crippen molar-refractivity contribution in [2.45, 2.75) is 4.90 Å². The second-order valence-electron chi connectivity index (χ2n) is 3.03. The van der Waals surface area contributed by atoms with Gasteiger partial charge in [-0.3, -0.25) is 0 Å². The second kappa shape index (κ2) is 3.08. The number of benzene rings is 1. The zero-order valence-corrected chi connectivity index (χ0v) is 8.77. The van der Waals surface area contributed by atoms with E-state index in [1.807, 2.05) is 0 Å². The molecule has 2 N–H and O–H groups in total. The zero-order valence-electron chi connectivity index (χ0n) is 7.20. The first kappa shape index (κ1) is 9.71. The van der Waals surface area contributed by atoms with Gasteiger partial charge in [0.1, 0.15) is 0 Å². The van der Waals surface area contributed by atoms with Crippen molar-refractivity contribution < 1.29 is 8.42 Å². The highest BCUT2D eigenvalue weighted by Crippen LogP contribution is 2.34. The maximum Gasteiger partial charge on any atom is 0.200 e. The van der Waals surface area contributed by atoms with Crippen LogP contribution in [0.4, 0.5) is 0 Å². The molecule has 5 heteroatoms. The molecule has 1 heterocycles. The highest BCUT2D eigenvalue weighted by Gasteiger charge is 2.25. The minimum absolute atomic E-state index is 0.201. The molecule has 0 aromatic heterocycles. The third kappa shape index (κ3) is 1.35. The molecule has 3 nitrogen and oxygen atoms in total. The Labute approximate surface area is 87.1 Å². The van der Waals surface area contributed by atoms with Crippen molar-refractivity contribution in [3.8, 4) is 0 Å². The second-order valence-corrected chi connectivity index (χ2v) is 5.23. The molecule has 0 spiro atoms. The van der Waals surface area contributed by atoms with Crippen molar-refractivity contribution in [2.24, 2.45) is 5.73 Å². The number of nitrogens with two attached hydrogens (primary N) is 1. The molecule has 14 heavy (non-hydrogen) atoms. The van der Waals surface area contributed by atoms with Crippen LogP contribution in [0.25, 0.3) is 5.57 Å². The van der Waals surface area contributed by atoms with Gasteiger partial charge < -0.3 is 5.73 Å². The van der Waals surface area contributed by atoms with Crippen LogP contribution >= 0.6 is 11.6 Å². The summed E-state index contributed by atoms with van der Waals surface area (Å²) in [4.78, 5) is 0.294. The topological polar surface area (TPSA) is 60.2 Å². The van der Waals surface area contributed by atoms with E-state index < -0.39 is 9.84 Å². The molecular formula is C9H8ClNO2S. The first-order valence-corrected chi connectivity index (χ1v) is 5.92. The van der Waals surface area contributed by atoms with E-state index in [0.29, 0.717) is 21.1 Å². The monoisotopic (exact) mass is 229 g/mol. The fraction of sp³-hybridized carbons (Fsp3) is 0.111. The SMILES string of the molecule is NCC1=CS(=O)(=O)c2ccc(Cl)cc21. The maximum absolute atomic E-state index is 11.6. The molecule has 0 bridgehead atoms. The molecule has 74 valence electrons. The molecule has 0 saturated heterocycles. The summed E-state index contributed by atoms with van der Waals surface area (Å²) >= 11 is 5.78. The number of fused-ring (bicyclic) bond motifs is 1. The van der Waals surface area contributed by atoms with Crippen LogP contribution < -0.4 is 5.73 Å². The van der Waals surface area contributed by atoms with Crippen LogP contribution in [0.3, 0.4) is 0 Å². The summed E-state index contributed by atoms with van der Waals surface area (Å²) in [6, 6.07) is 4.69. The average molecular weight is 230 g/mol. The van der Waals surface area contributed by atoms with Gasteiger partial charge in [-0.2, -0.15) is 0 Å². The Hall–Kier alpha value is -0.840. The van der Waals surface area contributed by atoms with Crippen LogP contribution in [0.2, 0.25) is 5.02 Å². The van der Waals surface area contributed by atoms with E-state index >= 15 is 0 Å². The molecule has 1 aliphatic rings. The van der Waals surface area contributed by atoms with Crippen LogP contribution in [-0.2, 0) is 9.84 Å². The van der Waals surface area contributed by atoms with Crippen molar-refractivity contribution in [3.63, 3.8) is 0 Å². The smallest absolute Gasteiger partial charge is 0.200 e. The van der Waals surface area contributed by atoms with Crippen molar-refractivity contribution in [3.05, 3.63) is 34.2 Å². The minimum atomic E-state index is -3.28. The summed E-state index contributed by atoms with van der Waals surface area (Å²) in [7, 11) is -3.28. The van der Waals surface area contributed by atoms with Crippen LogP contribution in [0.15, 0.2) is 28.5 Å². The van der Waals surface area contributed by atoms with E-state index in [1.165, 1.54) is 11.5 Å². The van der Waals surface area contributed by atoms with Crippen LogP contribution in [0, 0.1) is 0 Å². The molecular weight excluding hydrogens is 222 g/mol. The van der Waals surface area contributed by atoms with Crippen molar-refractivity contribution >= 4 is 27.0 Å². The fourth-order valence-electron chi connectivity index (χ4n) is 1.47. The number of hydrogen-bond donors (Lipinski definition) is 1. The summed E-state index contributed by atoms with van der Waals surface area (Å²) in [5.41, 5.74) is 6.68. The van der Waals surface area contributed by atoms with Gasteiger partial charge in [0.15, 0.2) is 0 Å². The standard InChI is InChI=1S/C9H8ClNO2S/c10-7-1-2-9-8(3-7)6(4-11)5-14(9,12)13/h1-3,5H,4,11H2. The lowest BCUT2D eigenvalue weighted by atomic mass is 10.1. The molecule has 2 rings (SSSR count). The Kier molecular flexibility index (Phi) is 2.14. The van der Waals surface area contributed by atoms with Gasteiger partial charge in [0.25, 0.3) is 0 Å². The predicted octanol–water partition coefficient (Wildman–Crippen LogP) is 1.43. The summed E-state index contributed by atoms with van der Waals surface area (Å²) in [5.74, 6) is 0. The van der Waals surface area contributed by atoms with Gasteiger partial charge in [-0.15, -0.1) is 0 Å². The molecule has 0 atom stereocenters. The maximum atomic E-state index is 11.6. The van der Waals surface area contributed by atoms with Gasteiger partial charge in [-0.05, 0) is 23.8 Å². The molecule has 0 fully saturated rings. The number of hydrogen-bond acceptors (Lipinski definition) is 3. The van der Waals surface area contributed by atoms with Gasteiger partial charge >= 0.3 is 0 Å². The molecule has 0 saturated carbocycles. The van der Waals surface area contributed by atoms with Gasteiger partial charge in [0, 0.05) is 22.5 Å². The zero-order chi connectivity index (χ0) is 10.3. The largest absolute Gasteiger partial charge is 0.326 e. The Balaban J connectivity index is 2.75. The molecule has 0 aliphatic carbocycles. The van der Waals surface area contributed by atoms with Crippen LogP contribution in [0.5, 0.6) is 0 Å². The third-order valence-electron chi connectivity index (χ3n) is 2.11.